The molecule has 1 aromatic carbocycles. The maximum Gasteiger partial charge on any atom is 0.244 e. The molecule has 22 heavy (non-hydrogen) atoms. The summed E-state index contributed by atoms with van der Waals surface area (Å²) < 4.78 is 0. The third kappa shape index (κ3) is 4.55. The van der Waals surface area contributed by atoms with E-state index in [9.17, 15) is 9.90 Å². The van der Waals surface area contributed by atoms with Crippen LogP contribution in [0.1, 0.15) is 44.7 Å². The molecule has 1 aromatic rings. The van der Waals surface area contributed by atoms with Gasteiger partial charge < -0.3 is 10.0 Å². The molecule has 1 aliphatic heterocycles. The molecule has 1 heterocycles. The first kappa shape index (κ1) is 17.0. The van der Waals surface area contributed by atoms with Gasteiger partial charge in [-0.3, -0.25) is 9.69 Å². The smallest absolute Gasteiger partial charge is 0.244 e. The summed E-state index contributed by atoms with van der Waals surface area (Å²) in [7, 11) is 1.91. The molecular weight excluding hydrogens is 276 g/mol. The molecule has 4 nitrogen and oxygen atoms in total. The second-order valence-electron chi connectivity index (χ2n) is 6.93. The Morgan fingerprint density at radius 1 is 1.23 bits per heavy atom. The van der Waals surface area contributed by atoms with Crippen LogP contribution in [0.15, 0.2) is 30.3 Å². The molecule has 0 bridgehead atoms. The Morgan fingerprint density at radius 2 is 1.82 bits per heavy atom. The van der Waals surface area contributed by atoms with Crippen LogP contribution in [0.4, 0.5) is 0 Å². The maximum atomic E-state index is 13.0. The molecule has 122 valence electrons. The van der Waals surface area contributed by atoms with E-state index < -0.39 is 5.60 Å². The van der Waals surface area contributed by atoms with E-state index in [1.807, 2.05) is 47.2 Å². The number of benzene rings is 1. The molecule has 1 N–H and O–H groups in total. The molecule has 2 rings (SSSR count). The zero-order valence-corrected chi connectivity index (χ0v) is 14.0. The van der Waals surface area contributed by atoms with E-state index in [-0.39, 0.29) is 11.9 Å². The highest BCUT2D eigenvalue weighted by atomic mass is 16.3. The zero-order valence-electron chi connectivity index (χ0n) is 14.0. The molecule has 0 radical (unpaired) electrons. The fourth-order valence-electron chi connectivity index (χ4n) is 3.21. The van der Waals surface area contributed by atoms with Crippen LogP contribution in [0.25, 0.3) is 0 Å². The van der Waals surface area contributed by atoms with Gasteiger partial charge >= 0.3 is 0 Å². The van der Waals surface area contributed by atoms with E-state index in [0.717, 1.165) is 31.5 Å². The molecule has 1 fully saturated rings. The SMILES string of the molecule is CN(CC(C)(C)O)C(C(=O)N1CCCCC1)c1ccccc1. The van der Waals surface area contributed by atoms with Gasteiger partial charge in [-0.05, 0) is 45.7 Å². The summed E-state index contributed by atoms with van der Waals surface area (Å²) in [5.74, 6) is 0.151. The Balaban J connectivity index is 2.23. The molecule has 4 heteroatoms. The molecule has 0 spiro atoms. The van der Waals surface area contributed by atoms with Crippen molar-refractivity contribution in [2.24, 2.45) is 0 Å². The van der Waals surface area contributed by atoms with Crippen molar-refractivity contribution in [1.29, 1.82) is 0 Å². The summed E-state index contributed by atoms with van der Waals surface area (Å²) in [4.78, 5) is 17.0. The second-order valence-corrected chi connectivity index (χ2v) is 6.93. The predicted octanol–water partition coefficient (Wildman–Crippen LogP) is 2.44. The average Bonchev–Trinajstić information content (AvgIpc) is 2.47. The number of rotatable bonds is 5. The van der Waals surface area contributed by atoms with Gasteiger partial charge in [0.2, 0.25) is 5.91 Å². The van der Waals surface area contributed by atoms with Crippen LogP contribution in [0.3, 0.4) is 0 Å². The minimum Gasteiger partial charge on any atom is -0.389 e. The second kappa shape index (κ2) is 7.25. The van der Waals surface area contributed by atoms with E-state index >= 15 is 0 Å². The molecule has 1 aliphatic rings. The summed E-state index contributed by atoms with van der Waals surface area (Å²) >= 11 is 0. The fourth-order valence-corrected chi connectivity index (χ4v) is 3.21. The Morgan fingerprint density at radius 3 is 2.36 bits per heavy atom. The molecular formula is C18H28N2O2. The molecule has 1 saturated heterocycles. The monoisotopic (exact) mass is 304 g/mol. The summed E-state index contributed by atoms with van der Waals surface area (Å²) in [5.41, 5.74) is 0.161. The lowest BCUT2D eigenvalue weighted by Gasteiger charge is -2.36. The van der Waals surface area contributed by atoms with Crippen molar-refractivity contribution < 1.29 is 9.90 Å². The number of likely N-dealkylation sites (tertiary alicyclic amines) is 1. The van der Waals surface area contributed by atoms with E-state index in [0.29, 0.717) is 6.54 Å². The largest absolute Gasteiger partial charge is 0.389 e. The van der Waals surface area contributed by atoms with Crippen LogP contribution in [-0.2, 0) is 4.79 Å². The van der Waals surface area contributed by atoms with Crippen molar-refractivity contribution >= 4 is 5.91 Å². The standard InChI is InChI=1S/C18H28N2O2/c1-18(2,22)14-19(3)16(15-10-6-4-7-11-15)17(21)20-12-8-5-9-13-20/h4,6-7,10-11,16,22H,5,8-9,12-14H2,1-3H3. The number of aliphatic hydroxyl groups is 1. The molecule has 1 unspecified atom stereocenters. The number of nitrogens with zero attached hydrogens (tertiary/aromatic N) is 2. The van der Waals surface area contributed by atoms with Gasteiger partial charge in [0, 0.05) is 19.6 Å². The third-order valence-electron chi connectivity index (χ3n) is 4.09. The Hall–Kier alpha value is -1.39. The predicted molar refractivity (Wildman–Crippen MR) is 88.5 cm³/mol. The van der Waals surface area contributed by atoms with Crippen LogP contribution in [0.2, 0.25) is 0 Å². The van der Waals surface area contributed by atoms with Crippen LogP contribution >= 0.6 is 0 Å². The lowest BCUT2D eigenvalue weighted by Crippen LogP contribution is -2.47. The number of likely N-dealkylation sites (N-methyl/N-ethyl adjacent to an activating group) is 1. The van der Waals surface area contributed by atoms with Crippen LogP contribution in [-0.4, -0.2) is 53.1 Å². The molecule has 1 amide bonds. The number of hydrogen-bond acceptors (Lipinski definition) is 3. The van der Waals surface area contributed by atoms with Gasteiger partial charge in [0.25, 0.3) is 0 Å². The molecule has 0 aliphatic carbocycles. The van der Waals surface area contributed by atoms with E-state index in [2.05, 4.69) is 0 Å². The molecule has 0 saturated carbocycles. The summed E-state index contributed by atoms with van der Waals surface area (Å²) in [6.45, 7) is 5.69. The van der Waals surface area contributed by atoms with Crippen LogP contribution in [0, 0.1) is 0 Å². The third-order valence-corrected chi connectivity index (χ3v) is 4.09. The van der Waals surface area contributed by atoms with Crippen molar-refractivity contribution in [2.45, 2.75) is 44.8 Å². The van der Waals surface area contributed by atoms with E-state index in [1.165, 1.54) is 6.42 Å². The Labute approximate surface area is 133 Å². The minimum absolute atomic E-state index is 0.151. The zero-order chi connectivity index (χ0) is 16.2. The maximum absolute atomic E-state index is 13.0. The summed E-state index contributed by atoms with van der Waals surface area (Å²) in [6.07, 6.45) is 3.38. The lowest BCUT2D eigenvalue weighted by atomic mass is 10.0. The van der Waals surface area contributed by atoms with Gasteiger partial charge in [0.1, 0.15) is 6.04 Å². The van der Waals surface area contributed by atoms with Gasteiger partial charge in [-0.25, -0.2) is 0 Å². The first-order valence-corrected chi connectivity index (χ1v) is 8.15. The number of piperidine rings is 1. The van der Waals surface area contributed by atoms with E-state index in [1.54, 1.807) is 13.8 Å². The van der Waals surface area contributed by atoms with Crippen molar-refractivity contribution in [3.05, 3.63) is 35.9 Å². The Bertz CT molecular complexity index is 476. The van der Waals surface area contributed by atoms with Gasteiger partial charge in [-0.15, -0.1) is 0 Å². The number of hydrogen-bond donors (Lipinski definition) is 1. The quantitative estimate of drug-likeness (QED) is 0.908. The normalized spacial score (nSPS) is 17.6. The van der Waals surface area contributed by atoms with Crippen LogP contribution < -0.4 is 0 Å². The van der Waals surface area contributed by atoms with Gasteiger partial charge in [0.05, 0.1) is 5.60 Å². The summed E-state index contributed by atoms with van der Waals surface area (Å²) in [5, 5.41) is 10.1. The highest BCUT2D eigenvalue weighted by Gasteiger charge is 2.32. The minimum atomic E-state index is -0.829. The van der Waals surface area contributed by atoms with Gasteiger partial charge in [-0.2, -0.15) is 0 Å². The number of carbonyl (C=O) groups is 1. The molecule has 0 aromatic heterocycles. The van der Waals surface area contributed by atoms with Gasteiger partial charge in [-0.1, -0.05) is 30.3 Å². The summed E-state index contributed by atoms with van der Waals surface area (Å²) in [6, 6.07) is 9.54. The first-order valence-electron chi connectivity index (χ1n) is 8.15. The average molecular weight is 304 g/mol. The van der Waals surface area contributed by atoms with Crippen LogP contribution in [0.5, 0.6) is 0 Å². The topological polar surface area (TPSA) is 43.8 Å². The van der Waals surface area contributed by atoms with Gasteiger partial charge in [0.15, 0.2) is 0 Å². The highest BCUT2D eigenvalue weighted by Crippen LogP contribution is 2.25. The molecule has 1 atom stereocenters. The first-order chi connectivity index (χ1) is 10.4. The van der Waals surface area contributed by atoms with E-state index in [4.69, 9.17) is 0 Å². The van der Waals surface area contributed by atoms with Crippen molar-refractivity contribution in [3.8, 4) is 0 Å². The Kier molecular flexibility index (Phi) is 5.59. The van der Waals surface area contributed by atoms with Crippen molar-refractivity contribution in [3.63, 3.8) is 0 Å². The number of carbonyl (C=O) groups excluding carboxylic acids is 1. The lowest BCUT2D eigenvalue weighted by molar-refractivity contribution is -0.138. The van der Waals surface area contributed by atoms with Crippen molar-refractivity contribution in [2.75, 3.05) is 26.7 Å². The fraction of sp³-hybridized carbons (Fsp3) is 0.611. The number of amides is 1. The van der Waals surface area contributed by atoms with Crippen molar-refractivity contribution in [1.82, 2.24) is 9.80 Å². The highest BCUT2D eigenvalue weighted by molar-refractivity contribution is 5.83.